The van der Waals surface area contributed by atoms with Crippen LogP contribution < -0.4 is 10.6 Å². The number of aryl methyl sites for hydroxylation is 1. The molecule has 0 spiro atoms. The zero-order valence-electron chi connectivity index (χ0n) is 22.8. The van der Waals surface area contributed by atoms with Gasteiger partial charge in [-0.2, -0.15) is 14.9 Å². The number of nitriles is 2. The van der Waals surface area contributed by atoms with Gasteiger partial charge in [0.15, 0.2) is 0 Å². The minimum absolute atomic E-state index is 0.0419. The molecule has 10 nitrogen and oxygen atoms in total. The molecule has 5 rings (SSSR count). The van der Waals surface area contributed by atoms with E-state index in [1.807, 2.05) is 6.07 Å². The van der Waals surface area contributed by atoms with Crippen molar-refractivity contribution < 1.29 is 9.50 Å². The molecule has 204 valence electrons. The van der Waals surface area contributed by atoms with E-state index >= 15 is 0 Å². The zero-order chi connectivity index (χ0) is 28.7. The Morgan fingerprint density at radius 1 is 1.18 bits per heavy atom. The van der Waals surface area contributed by atoms with Gasteiger partial charge in [-0.1, -0.05) is 32.1 Å². The van der Waals surface area contributed by atoms with Crippen LogP contribution in [0.4, 0.5) is 15.8 Å². The molecular weight excluding hydrogens is 509 g/mol. The molecule has 3 aromatic heterocycles. The van der Waals surface area contributed by atoms with Crippen LogP contribution in [0.3, 0.4) is 0 Å². The Labute approximate surface area is 231 Å². The molecule has 11 heteroatoms. The van der Waals surface area contributed by atoms with Crippen molar-refractivity contribution in [3.63, 3.8) is 0 Å². The summed E-state index contributed by atoms with van der Waals surface area (Å²) >= 11 is 0. The maximum absolute atomic E-state index is 13.9. The summed E-state index contributed by atoms with van der Waals surface area (Å²) in [5.41, 5.74) is 3.53. The fourth-order valence-corrected chi connectivity index (χ4v) is 4.67. The molecule has 4 aromatic rings. The van der Waals surface area contributed by atoms with E-state index in [1.165, 1.54) is 12.3 Å². The van der Waals surface area contributed by atoms with E-state index in [9.17, 15) is 20.0 Å². The number of aliphatic hydroxyl groups is 1. The predicted molar refractivity (Wildman–Crippen MR) is 148 cm³/mol. The summed E-state index contributed by atoms with van der Waals surface area (Å²) in [5, 5.41) is 45.8. The lowest BCUT2D eigenvalue weighted by molar-refractivity contribution is 0.200. The van der Waals surface area contributed by atoms with Gasteiger partial charge in [0, 0.05) is 35.1 Å². The molecule has 1 fully saturated rings. The van der Waals surface area contributed by atoms with Crippen LogP contribution in [0, 0.1) is 40.9 Å². The lowest BCUT2D eigenvalue weighted by Gasteiger charge is -2.23. The third kappa shape index (κ3) is 5.16. The summed E-state index contributed by atoms with van der Waals surface area (Å²) in [6.07, 6.45) is 4.86. The van der Waals surface area contributed by atoms with E-state index in [1.54, 1.807) is 29.9 Å². The summed E-state index contributed by atoms with van der Waals surface area (Å²) in [4.78, 5) is 8.42. The van der Waals surface area contributed by atoms with Crippen molar-refractivity contribution in [1.82, 2.24) is 25.0 Å². The molecule has 0 saturated heterocycles. The number of pyridine rings is 2. The summed E-state index contributed by atoms with van der Waals surface area (Å²) < 4.78 is 15.6. The maximum atomic E-state index is 13.9. The molecule has 0 radical (unpaired) electrons. The van der Waals surface area contributed by atoms with Gasteiger partial charge in [-0.15, -0.1) is 5.10 Å². The number of benzene rings is 1. The SMILES string of the molecule is Cc1nc(F)ccc1[C@H](Nc1cc(C#N)c2ncc(C#N)c(NCC(C)(C)C)c2c1)c1cn(C2(CO)CC2)nn1. The number of hydrogen-bond acceptors (Lipinski definition) is 9. The van der Waals surface area contributed by atoms with E-state index in [0.29, 0.717) is 56.9 Å². The van der Waals surface area contributed by atoms with E-state index in [4.69, 9.17) is 0 Å². The second-order valence-corrected chi connectivity index (χ2v) is 11.5. The number of fused-ring (bicyclic) bond motifs is 1. The van der Waals surface area contributed by atoms with Gasteiger partial charge in [0.25, 0.3) is 0 Å². The lowest BCUT2D eigenvalue weighted by atomic mass is 9.96. The molecule has 1 aliphatic carbocycles. The third-order valence-electron chi connectivity index (χ3n) is 7.14. The molecule has 0 amide bonds. The van der Waals surface area contributed by atoms with Crippen LogP contribution in [0.2, 0.25) is 0 Å². The number of rotatable bonds is 8. The average Bonchev–Trinajstić information content (AvgIpc) is 3.57. The molecule has 40 heavy (non-hydrogen) atoms. The highest BCUT2D eigenvalue weighted by Crippen LogP contribution is 2.43. The minimum atomic E-state index is -0.599. The van der Waals surface area contributed by atoms with E-state index in [2.05, 4.69) is 63.8 Å². The Morgan fingerprint density at radius 2 is 1.93 bits per heavy atom. The van der Waals surface area contributed by atoms with Gasteiger partial charge in [-0.05, 0) is 43.4 Å². The first-order valence-electron chi connectivity index (χ1n) is 13.0. The van der Waals surface area contributed by atoms with Gasteiger partial charge in [-0.25, -0.2) is 9.67 Å². The number of halogens is 1. The van der Waals surface area contributed by atoms with Gasteiger partial charge in [-0.3, -0.25) is 4.98 Å². The zero-order valence-corrected chi connectivity index (χ0v) is 22.8. The van der Waals surface area contributed by atoms with Crippen molar-refractivity contribution in [2.45, 2.75) is 52.1 Å². The van der Waals surface area contributed by atoms with Crippen molar-refractivity contribution in [3.8, 4) is 12.1 Å². The van der Waals surface area contributed by atoms with Crippen molar-refractivity contribution in [2.24, 2.45) is 5.41 Å². The number of nitrogens with zero attached hydrogens (tertiary/aromatic N) is 7. The highest BCUT2D eigenvalue weighted by molar-refractivity contribution is 5.99. The molecule has 0 bridgehead atoms. The minimum Gasteiger partial charge on any atom is -0.394 e. The summed E-state index contributed by atoms with van der Waals surface area (Å²) in [6.45, 7) is 8.53. The van der Waals surface area contributed by atoms with Crippen LogP contribution in [0.15, 0.2) is 36.7 Å². The third-order valence-corrected chi connectivity index (χ3v) is 7.14. The van der Waals surface area contributed by atoms with E-state index in [-0.39, 0.29) is 12.0 Å². The Morgan fingerprint density at radius 3 is 2.55 bits per heavy atom. The Balaban J connectivity index is 1.63. The fourth-order valence-electron chi connectivity index (χ4n) is 4.67. The molecule has 1 saturated carbocycles. The maximum Gasteiger partial charge on any atom is 0.213 e. The second-order valence-electron chi connectivity index (χ2n) is 11.5. The molecule has 1 aromatic carbocycles. The molecular formula is C29H30FN9O. The van der Waals surface area contributed by atoms with Crippen molar-refractivity contribution in [1.29, 1.82) is 10.5 Å². The second kappa shape index (κ2) is 10.2. The largest absolute Gasteiger partial charge is 0.394 e. The first-order chi connectivity index (χ1) is 19.1. The monoisotopic (exact) mass is 539 g/mol. The topological polar surface area (TPSA) is 148 Å². The van der Waals surface area contributed by atoms with Gasteiger partial charge in [0.05, 0.1) is 46.7 Å². The summed E-state index contributed by atoms with van der Waals surface area (Å²) in [6, 6.07) is 10.3. The number of hydrogen-bond donors (Lipinski definition) is 3. The van der Waals surface area contributed by atoms with Crippen molar-refractivity contribution in [2.75, 3.05) is 23.8 Å². The molecule has 1 atom stereocenters. The number of anilines is 2. The smallest absolute Gasteiger partial charge is 0.213 e. The standard InChI is InChI=1S/C29H30FN9O/c1-17-21(5-6-24(30)35-17)27(23-14-39(38-37-23)29(16-40)7-8-29)36-20-9-18(11-31)25-22(10-20)26(19(12-32)13-33-25)34-15-28(2,3)4/h5-6,9-10,13-14,27,36,40H,7-8,15-16H2,1-4H3,(H,33,34)/t27-/m0/s1. The average molecular weight is 540 g/mol. The van der Waals surface area contributed by atoms with Gasteiger partial charge < -0.3 is 15.7 Å². The van der Waals surface area contributed by atoms with E-state index < -0.39 is 17.5 Å². The van der Waals surface area contributed by atoms with Gasteiger partial charge in [0.2, 0.25) is 5.95 Å². The molecule has 0 unspecified atom stereocenters. The first kappa shape index (κ1) is 27.0. The van der Waals surface area contributed by atoms with Gasteiger partial charge >= 0.3 is 0 Å². The molecule has 3 heterocycles. The quantitative estimate of drug-likeness (QED) is 0.274. The van der Waals surface area contributed by atoms with Crippen LogP contribution >= 0.6 is 0 Å². The summed E-state index contributed by atoms with van der Waals surface area (Å²) in [5.74, 6) is -0.594. The number of nitrogens with one attached hydrogen (secondary N) is 2. The van der Waals surface area contributed by atoms with Gasteiger partial charge in [0.1, 0.15) is 17.8 Å². The van der Waals surface area contributed by atoms with Crippen LogP contribution in [-0.4, -0.2) is 43.2 Å². The highest BCUT2D eigenvalue weighted by atomic mass is 19.1. The lowest BCUT2D eigenvalue weighted by Crippen LogP contribution is -2.22. The van der Waals surface area contributed by atoms with Crippen molar-refractivity contribution >= 4 is 22.3 Å². The van der Waals surface area contributed by atoms with Crippen LogP contribution in [0.25, 0.3) is 10.9 Å². The van der Waals surface area contributed by atoms with E-state index in [0.717, 1.165) is 12.8 Å². The highest BCUT2D eigenvalue weighted by Gasteiger charge is 2.45. The van der Waals surface area contributed by atoms with Crippen molar-refractivity contribution in [3.05, 3.63) is 70.7 Å². The van der Waals surface area contributed by atoms with Crippen LogP contribution in [-0.2, 0) is 5.54 Å². The normalized spacial score (nSPS) is 14.8. The Hall–Kier alpha value is -4.61. The fraction of sp³-hybridized carbons (Fsp3) is 0.379. The first-order valence-corrected chi connectivity index (χ1v) is 13.0. The molecule has 0 aliphatic heterocycles. The number of aromatic nitrogens is 5. The summed E-state index contributed by atoms with van der Waals surface area (Å²) in [7, 11) is 0. The molecule has 1 aliphatic rings. The predicted octanol–water partition coefficient (Wildman–Crippen LogP) is 4.55. The van der Waals surface area contributed by atoms with Crippen LogP contribution in [0.1, 0.15) is 67.7 Å². The Bertz CT molecular complexity index is 1670. The number of aliphatic hydroxyl groups excluding tert-OH is 1. The molecule has 3 N–H and O–H groups in total. The van der Waals surface area contributed by atoms with Crippen LogP contribution in [0.5, 0.6) is 0 Å². The Kier molecular flexibility index (Phi) is 6.86.